The van der Waals surface area contributed by atoms with Gasteiger partial charge >= 0.3 is 15.6 Å². The van der Waals surface area contributed by atoms with E-state index in [0.29, 0.717) is 22.6 Å². The Morgan fingerprint density at radius 1 is 0.750 bits per heavy atom. The highest BCUT2D eigenvalue weighted by molar-refractivity contribution is 7.88. The zero-order valence-corrected chi connectivity index (χ0v) is 31.5. The Morgan fingerprint density at radius 2 is 1.27 bits per heavy atom. The summed E-state index contributed by atoms with van der Waals surface area (Å²) in [5, 5.41) is 12.1. The summed E-state index contributed by atoms with van der Waals surface area (Å²) in [6.07, 6.45) is 8.80. The summed E-state index contributed by atoms with van der Waals surface area (Å²) in [5.41, 5.74) is -2.04. The minimum Gasteiger partial charge on any atom is -0.506 e. The van der Waals surface area contributed by atoms with Crippen molar-refractivity contribution in [2.24, 2.45) is 7.05 Å². The van der Waals surface area contributed by atoms with Crippen molar-refractivity contribution in [3.8, 4) is 11.5 Å². The van der Waals surface area contributed by atoms with Gasteiger partial charge in [0.25, 0.3) is 0 Å². The molecule has 280 valence electrons. The quantitative estimate of drug-likeness (QED) is 0.142. The van der Waals surface area contributed by atoms with Crippen LogP contribution in [0.4, 0.5) is 13.2 Å². The van der Waals surface area contributed by atoms with E-state index in [-0.39, 0.29) is 11.3 Å². The number of halogens is 3. The topological polar surface area (TPSA) is 111 Å². The third-order valence-electron chi connectivity index (χ3n) is 7.60. The van der Waals surface area contributed by atoms with Crippen molar-refractivity contribution in [1.29, 1.82) is 0 Å². The van der Waals surface area contributed by atoms with E-state index < -0.39 is 21.4 Å². The summed E-state index contributed by atoms with van der Waals surface area (Å²) in [7, 11) is -3.59. The molecular formula is C40H48F3N3O5S. The number of aryl methyl sites for hydroxylation is 1. The number of ketones is 1. The molecule has 0 aliphatic heterocycles. The molecule has 12 heteroatoms. The molecule has 6 aromatic rings. The van der Waals surface area contributed by atoms with Gasteiger partial charge in [-0.15, -0.1) is 0 Å². The van der Waals surface area contributed by atoms with E-state index in [1.807, 2.05) is 59.7 Å². The molecule has 3 aromatic heterocycles. The molecule has 0 unspecified atom stereocenters. The van der Waals surface area contributed by atoms with Crippen molar-refractivity contribution < 1.29 is 35.7 Å². The molecule has 0 amide bonds. The number of hydrogen-bond acceptors (Lipinski definition) is 7. The zero-order chi connectivity index (χ0) is 38.9. The van der Waals surface area contributed by atoms with E-state index in [4.69, 9.17) is 0 Å². The van der Waals surface area contributed by atoms with Crippen molar-refractivity contribution in [1.82, 2.24) is 14.5 Å². The van der Waals surface area contributed by atoms with Crippen LogP contribution in [0.1, 0.15) is 78.7 Å². The molecule has 0 atom stereocenters. The van der Waals surface area contributed by atoms with Crippen LogP contribution in [0, 0.1) is 0 Å². The average Bonchev–Trinajstić information content (AvgIpc) is 3.51. The van der Waals surface area contributed by atoms with E-state index in [1.165, 1.54) is 28.7 Å². The highest BCUT2D eigenvalue weighted by Gasteiger charge is 2.48. The predicted molar refractivity (Wildman–Crippen MR) is 204 cm³/mol. The first-order valence-corrected chi connectivity index (χ1v) is 18.8. The number of carbonyl (C=O) groups excluding carboxylic acids is 1. The lowest BCUT2D eigenvalue weighted by Crippen LogP contribution is -2.28. The van der Waals surface area contributed by atoms with Crippen molar-refractivity contribution in [2.45, 2.75) is 78.7 Å². The molecule has 8 nitrogen and oxygen atoms in total. The first-order valence-electron chi connectivity index (χ1n) is 17.4. The Morgan fingerprint density at radius 3 is 1.85 bits per heavy atom. The molecule has 0 bridgehead atoms. The number of phenolic OH excluding ortho intramolecular Hbond substituents is 1. The Bertz CT molecular complexity index is 2090. The van der Waals surface area contributed by atoms with Gasteiger partial charge in [-0.2, -0.15) is 21.6 Å². The molecule has 3 heterocycles. The van der Waals surface area contributed by atoms with Crippen LogP contribution in [-0.2, 0) is 22.0 Å². The molecule has 1 N–H and O–H groups in total. The fourth-order valence-electron chi connectivity index (χ4n) is 5.35. The molecule has 1 saturated carbocycles. The lowest BCUT2D eigenvalue weighted by molar-refractivity contribution is -0.120. The van der Waals surface area contributed by atoms with Crippen molar-refractivity contribution in [3.63, 3.8) is 0 Å². The monoisotopic (exact) mass is 739 g/mol. The lowest BCUT2D eigenvalue weighted by Gasteiger charge is -2.20. The zero-order valence-electron chi connectivity index (χ0n) is 30.7. The second-order valence-electron chi connectivity index (χ2n) is 10.7. The smallest absolute Gasteiger partial charge is 0.506 e. The third kappa shape index (κ3) is 11.3. The van der Waals surface area contributed by atoms with Crippen LogP contribution in [0.5, 0.6) is 11.5 Å². The van der Waals surface area contributed by atoms with Gasteiger partial charge in [-0.3, -0.25) is 14.8 Å². The molecule has 1 aliphatic rings. The number of Topliss-reactive ketones (excluding diaryl/α,β-unsaturated/α-hetero) is 1. The summed E-state index contributed by atoms with van der Waals surface area (Å²) < 4.78 is 64.6. The third-order valence-corrected chi connectivity index (χ3v) is 8.57. The van der Waals surface area contributed by atoms with Gasteiger partial charge in [-0.1, -0.05) is 96.1 Å². The van der Waals surface area contributed by atoms with Gasteiger partial charge in [0.2, 0.25) is 0 Å². The lowest BCUT2D eigenvalue weighted by atomic mass is 9.83. The summed E-state index contributed by atoms with van der Waals surface area (Å²) in [6, 6.07) is 24.9. The number of alkyl halides is 3. The second kappa shape index (κ2) is 20.8. The normalized spacial score (nSPS) is 12.7. The molecule has 0 saturated heterocycles. The summed E-state index contributed by atoms with van der Waals surface area (Å²) >= 11 is 0. The summed E-state index contributed by atoms with van der Waals surface area (Å²) in [4.78, 5) is 19.1. The molecule has 52 heavy (non-hydrogen) atoms. The molecule has 0 spiro atoms. The first kappa shape index (κ1) is 43.2. The van der Waals surface area contributed by atoms with Gasteiger partial charge in [0.1, 0.15) is 22.6 Å². The van der Waals surface area contributed by atoms with Crippen molar-refractivity contribution in [3.05, 3.63) is 109 Å². The number of pyridine rings is 2. The average molecular weight is 740 g/mol. The molecule has 1 aliphatic carbocycles. The molecule has 3 aromatic carbocycles. The van der Waals surface area contributed by atoms with Crippen LogP contribution in [0.3, 0.4) is 0 Å². The van der Waals surface area contributed by atoms with Gasteiger partial charge in [-0.25, -0.2) is 0 Å². The number of nitrogens with zero attached hydrogens (tertiary/aromatic N) is 3. The molecule has 0 radical (unpaired) electrons. The minimum atomic E-state index is -5.68. The van der Waals surface area contributed by atoms with Gasteiger partial charge in [0, 0.05) is 60.2 Å². The van der Waals surface area contributed by atoms with Gasteiger partial charge in [0.15, 0.2) is 5.75 Å². The van der Waals surface area contributed by atoms with Gasteiger partial charge in [-0.05, 0) is 54.7 Å². The number of benzene rings is 3. The molecule has 1 fully saturated rings. The summed E-state index contributed by atoms with van der Waals surface area (Å²) in [5.74, 6) is 0.786. The van der Waals surface area contributed by atoms with Crippen LogP contribution in [-0.4, -0.2) is 39.4 Å². The van der Waals surface area contributed by atoms with Crippen molar-refractivity contribution >= 4 is 48.6 Å². The highest BCUT2D eigenvalue weighted by Crippen LogP contribution is 2.36. The number of phenols is 1. The SMILES string of the molecule is CC.CC.CC.Cn1cc(C2CCC(=O)CC2)c2ccccc21.O=S(=O)(Oc1cccc2cccnc12)C(F)(F)F.Oc1cccc2cccnc12. The van der Waals surface area contributed by atoms with E-state index in [9.17, 15) is 31.5 Å². The Balaban J connectivity index is 0.000000257. The van der Waals surface area contributed by atoms with E-state index in [0.717, 1.165) is 37.1 Å². The Hall–Kier alpha value is -4.97. The van der Waals surface area contributed by atoms with Crippen molar-refractivity contribution in [2.75, 3.05) is 0 Å². The second-order valence-corrected chi connectivity index (χ2v) is 12.2. The fourth-order valence-corrected chi connectivity index (χ4v) is 5.81. The number of aromatic hydroxyl groups is 1. The standard InChI is InChI=1S/C15H17NO.C10H6F3NO3S.C9H7NO.3C2H6/c1-16-10-14(11-6-8-12(17)9-7-11)13-4-2-3-5-15(13)16;11-10(12,13)18(15,16)17-8-5-1-3-7-4-2-6-14-9(7)8;11-8-5-1-3-7-4-2-6-10-9(7)8;3*1-2/h2-5,10-11H,6-9H2,1H3;1-6H;1-6,11H;3*1-2H3. The molecule has 7 rings (SSSR count). The van der Waals surface area contributed by atoms with E-state index in [1.54, 1.807) is 36.5 Å². The fraction of sp³-hybridized carbons (Fsp3) is 0.325. The maximum absolute atomic E-state index is 12.2. The van der Waals surface area contributed by atoms with Crippen LogP contribution in [0.25, 0.3) is 32.7 Å². The minimum absolute atomic E-state index is 0.0489. The predicted octanol–water partition coefficient (Wildman–Crippen LogP) is 10.9. The van der Waals surface area contributed by atoms with E-state index in [2.05, 4.69) is 56.2 Å². The van der Waals surface area contributed by atoms with Crippen LogP contribution >= 0.6 is 0 Å². The Kier molecular flexibility index (Phi) is 17.3. The maximum atomic E-state index is 12.2. The Labute approximate surface area is 304 Å². The number of rotatable bonds is 3. The number of aromatic nitrogens is 3. The number of fused-ring (bicyclic) bond motifs is 3. The maximum Gasteiger partial charge on any atom is 0.534 e. The number of para-hydroxylation sites is 3. The molecular weight excluding hydrogens is 692 g/mol. The van der Waals surface area contributed by atoms with Crippen LogP contribution in [0.2, 0.25) is 0 Å². The van der Waals surface area contributed by atoms with Gasteiger partial charge in [0.05, 0.1) is 0 Å². The van der Waals surface area contributed by atoms with E-state index >= 15 is 0 Å². The van der Waals surface area contributed by atoms with Gasteiger partial charge < -0.3 is 13.9 Å². The first-order chi connectivity index (χ1) is 24.9. The number of carbonyl (C=O) groups is 1. The highest BCUT2D eigenvalue weighted by atomic mass is 32.2. The van der Waals surface area contributed by atoms with Crippen LogP contribution < -0.4 is 4.18 Å². The van der Waals surface area contributed by atoms with Crippen LogP contribution in [0.15, 0.2) is 104 Å². The summed E-state index contributed by atoms with van der Waals surface area (Å²) in [6.45, 7) is 12.0. The number of hydrogen-bond donors (Lipinski definition) is 1. The largest absolute Gasteiger partial charge is 0.534 e.